The van der Waals surface area contributed by atoms with Crippen LogP contribution in [0.3, 0.4) is 0 Å². The third-order valence-corrected chi connectivity index (χ3v) is 1.82. The van der Waals surface area contributed by atoms with Crippen molar-refractivity contribution in [3.05, 3.63) is 30.3 Å². The van der Waals surface area contributed by atoms with Crippen molar-refractivity contribution in [2.45, 2.75) is 6.36 Å². The van der Waals surface area contributed by atoms with E-state index in [2.05, 4.69) is 14.9 Å². The summed E-state index contributed by atoms with van der Waals surface area (Å²) < 4.78 is 36.3. The molecule has 0 aliphatic heterocycles. The summed E-state index contributed by atoms with van der Waals surface area (Å²) in [6, 6.07) is 8.16. The van der Waals surface area contributed by atoms with Crippen LogP contribution in [0.5, 0.6) is 0 Å². The summed E-state index contributed by atoms with van der Waals surface area (Å²) in [5.74, 6) is -0.409. The smallest absolute Gasteiger partial charge is 0.366 e. The molecule has 8 heteroatoms. The van der Waals surface area contributed by atoms with Crippen LogP contribution in [0.4, 0.5) is 19.1 Å². The van der Waals surface area contributed by atoms with Crippen molar-refractivity contribution >= 4 is 5.95 Å². The largest absolute Gasteiger partial charge is 0.593 e. The van der Waals surface area contributed by atoms with Gasteiger partial charge in [0.15, 0.2) is 0 Å². The van der Waals surface area contributed by atoms with E-state index in [1.807, 2.05) is 0 Å². The summed E-state index contributed by atoms with van der Waals surface area (Å²) >= 11 is 0. The van der Waals surface area contributed by atoms with Crippen LogP contribution in [0, 0.1) is 0 Å². The van der Waals surface area contributed by atoms with E-state index < -0.39 is 6.36 Å². The van der Waals surface area contributed by atoms with Gasteiger partial charge in [0, 0.05) is 5.56 Å². The number of halogens is 3. The highest BCUT2D eigenvalue weighted by atomic mass is 19.4. The third kappa shape index (κ3) is 2.65. The summed E-state index contributed by atoms with van der Waals surface area (Å²) in [7, 11) is 0. The molecule has 17 heavy (non-hydrogen) atoms. The summed E-state index contributed by atoms with van der Waals surface area (Å²) in [5, 5.41) is 3.31. The zero-order valence-corrected chi connectivity index (χ0v) is 8.35. The fraction of sp³-hybridized carbons (Fsp3) is 0.111. The van der Waals surface area contributed by atoms with Gasteiger partial charge in [-0.3, -0.25) is 4.84 Å². The third-order valence-electron chi connectivity index (χ3n) is 1.82. The van der Waals surface area contributed by atoms with Crippen LogP contribution in [-0.4, -0.2) is 21.3 Å². The van der Waals surface area contributed by atoms with Gasteiger partial charge in [0.25, 0.3) is 0 Å². The number of nitrogen functional groups attached to an aromatic ring is 1. The van der Waals surface area contributed by atoms with Gasteiger partial charge >= 0.3 is 6.36 Å². The molecule has 2 N–H and O–H groups in total. The summed E-state index contributed by atoms with van der Waals surface area (Å²) in [6.45, 7) is 0. The molecule has 0 spiro atoms. The second kappa shape index (κ2) is 3.96. The predicted molar refractivity (Wildman–Crippen MR) is 52.5 cm³/mol. The minimum Gasteiger partial charge on any atom is -0.366 e. The number of alkyl halides is 3. The van der Waals surface area contributed by atoms with Gasteiger partial charge < -0.3 is 5.73 Å². The number of rotatable bonds is 2. The van der Waals surface area contributed by atoms with E-state index in [0.717, 1.165) is 0 Å². The molecule has 90 valence electrons. The van der Waals surface area contributed by atoms with Crippen LogP contribution in [-0.2, 0) is 0 Å². The Morgan fingerprint density at radius 3 is 2.41 bits per heavy atom. The van der Waals surface area contributed by atoms with Crippen LogP contribution in [0.15, 0.2) is 30.3 Å². The second-order valence-corrected chi connectivity index (χ2v) is 3.07. The molecule has 0 saturated heterocycles. The number of anilines is 1. The molecule has 0 unspecified atom stereocenters. The van der Waals surface area contributed by atoms with E-state index in [9.17, 15) is 13.2 Å². The molecule has 1 heterocycles. The molecule has 1 aromatic heterocycles. The summed E-state index contributed by atoms with van der Waals surface area (Å²) in [6.07, 6.45) is -4.86. The Kier molecular flexibility index (Phi) is 2.62. The van der Waals surface area contributed by atoms with Gasteiger partial charge in [-0.1, -0.05) is 40.3 Å². The van der Waals surface area contributed by atoms with Crippen LogP contribution in [0.2, 0.25) is 0 Å². The number of hydrogen-bond acceptors (Lipinski definition) is 4. The predicted octanol–water partition coefficient (Wildman–Crippen LogP) is 1.48. The van der Waals surface area contributed by atoms with Crippen LogP contribution >= 0.6 is 0 Å². The van der Waals surface area contributed by atoms with E-state index in [-0.39, 0.29) is 16.6 Å². The maximum atomic E-state index is 12.1. The Hall–Kier alpha value is -2.25. The van der Waals surface area contributed by atoms with E-state index in [1.165, 1.54) is 0 Å². The Bertz CT molecular complexity index is 509. The lowest BCUT2D eigenvalue weighted by molar-refractivity contribution is -0.327. The Labute approximate surface area is 93.6 Å². The van der Waals surface area contributed by atoms with Gasteiger partial charge in [-0.25, -0.2) is 0 Å². The number of benzene rings is 1. The van der Waals surface area contributed by atoms with E-state index >= 15 is 0 Å². The number of nitrogens with zero attached hydrogens (tertiary/aromatic N) is 3. The summed E-state index contributed by atoms with van der Waals surface area (Å²) in [4.78, 5) is 7.60. The Balaban J connectivity index is 2.41. The van der Waals surface area contributed by atoms with Gasteiger partial charge in [-0.2, -0.15) is 4.98 Å². The molecule has 2 aromatic rings. The highest BCUT2D eigenvalue weighted by Gasteiger charge is 2.34. The molecule has 0 bridgehead atoms. The molecular weight excluding hydrogens is 237 g/mol. The molecule has 5 nitrogen and oxygen atoms in total. The standard InChI is InChI=1S/C9H7F3N4O/c10-9(11,12)17-16-7(14-8(13)15-16)6-4-2-1-3-5-6/h1-5H,(H2,13,15). The lowest BCUT2D eigenvalue weighted by Gasteiger charge is -2.08. The highest BCUT2D eigenvalue weighted by Crippen LogP contribution is 2.20. The van der Waals surface area contributed by atoms with Gasteiger partial charge in [0.2, 0.25) is 11.8 Å². The zero-order valence-electron chi connectivity index (χ0n) is 8.35. The molecule has 0 radical (unpaired) electrons. The van der Waals surface area contributed by atoms with Gasteiger partial charge in [-0.15, -0.1) is 13.2 Å². The van der Waals surface area contributed by atoms with Crippen LogP contribution in [0.25, 0.3) is 11.4 Å². The molecule has 0 amide bonds. The second-order valence-electron chi connectivity index (χ2n) is 3.07. The maximum Gasteiger partial charge on any atom is 0.593 e. The lowest BCUT2D eigenvalue weighted by Crippen LogP contribution is -2.28. The minimum absolute atomic E-state index is 0.111. The Morgan fingerprint density at radius 1 is 1.18 bits per heavy atom. The Morgan fingerprint density at radius 2 is 1.82 bits per heavy atom. The first-order valence-corrected chi connectivity index (χ1v) is 4.50. The molecule has 0 atom stereocenters. The number of aromatic nitrogens is 3. The minimum atomic E-state index is -4.86. The van der Waals surface area contributed by atoms with Gasteiger partial charge in [-0.05, 0) is 0 Å². The van der Waals surface area contributed by atoms with Crippen molar-refractivity contribution < 1.29 is 18.0 Å². The fourth-order valence-electron chi connectivity index (χ4n) is 1.24. The van der Waals surface area contributed by atoms with Gasteiger partial charge in [0.1, 0.15) is 0 Å². The average Bonchev–Trinajstić information content (AvgIpc) is 2.58. The maximum absolute atomic E-state index is 12.1. The average molecular weight is 244 g/mol. The monoisotopic (exact) mass is 244 g/mol. The topological polar surface area (TPSA) is 66.0 Å². The fourth-order valence-corrected chi connectivity index (χ4v) is 1.24. The quantitative estimate of drug-likeness (QED) is 0.868. The molecule has 2 rings (SSSR count). The van der Waals surface area contributed by atoms with Crippen molar-refractivity contribution in [2.75, 3.05) is 5.73 Å². The molecule has 0 aliphatic carbocycles. The number of nitrogens with two attached hydrogens (primary N) is 1. The van der Waals surface area contributed by atoms with E-state index in [4.69, 9.17) is 5.73 Å². The van der Waals surface area contributed by atoms with Crippen LogP contribution in [0.1, 0.15) is 0 Å². The molecule has 1 aromatic carbocycles. The van der Waals surface area contributed by atoms with Crippen LogP contribution < -0.4 is 10.6 Å². The first-order valence-electron chi connectivity index (χ1n) is 4.50. The first-order chi connectivity index (χ1) is 7.96. The van der Waals surface area contributed by atoms with Gasteiger partial charge in [0.05, 0.1) is 0 Å². The van der Waals surface area contributed by atoms with Crippen molar-refractivity contribution in [1.82, 2.24) is 14.9 Å². The molecular formula is C9H7F3N4O. The normalized spacial score (nSPS) is 11.5. The van der Waals surface area contributed by atoms with E-state index in [0.29, 0.717) is 5.56 Å². The van der Waals surface area contributed by atoms with Crippen molar-refractivity contribution in [2.24, 2.45) is 0 Å². The SMILES string of the molecule is Nc1nc(-c2ccccc2)n(OC(F)(F)F)n1. The summed E-state index contributed by atoms with van der Waals surface area (Å²) in [5.41, 5.74) is 5.66. The lowest BCUT2D eigenvalue weighted by atomic mass is 10.2. The molecule has 0 saturated carbocycles. The van der Waals surface area contributed by atoms with Crippen molar-refractivity contribution in [1.29, 1.82) is 0 Å². The molecule has 0 fully saturated rings. The van der Waals surface area contributed by atoms with Crippen molar-refractivity contribution in [3.8, 4) is 11.4 Å². The number of hydrogen-bond donors (Lipinski definition) is 1. The van der Waals surface area contributed by atoms with Crippen molar-refractivity contribution in [3.63, 3.8) is 0 Å². The zero-order chi connectivity index (χ0) is 12.5. The highest BCUT2D eigenvalue weighted by molar-refractivity contribution is 5.55. The molecule has 0 aliphatic rings. The van der Waals surface area contributed by atoms with E-state index in [1.54, 1.807) is 30.3 Å². The first kappa shape index (κ1) is 11.2.